The molecule has 1 aromatic carbocycles. The van der Waals surface area contributed by atoms with Gasteiger partial charge in [-0.2, -0.15) is 0 Å². The van der Waals surface area contributed by atoms with E-state index in [0.717, 1.165) is 0 Å². The van der Waals surface area contributed by atoms with Gasteiger partial charge in [-0.05, 0) is 24.8 Å². The molecular weight excluding hydrogens is 240 g/mol. The molecule has 0 aromatic heterocycles. The van der Waals surface area contributed by atoms with Gasteiger partial charge in [-0.1, -0.05) is 51.1 Å². The van der Waals surface area contributed by atoms with E-state index in [1.54, 1.807) is 0 Å². The van der Waals surface area contributed by atoms with Crippen LogP contribution in [0.2, 0.25) is 0 Å². The largest absolute Gasteiger partial charge is 0.464 e. The van der Waals surface area contributed by atoms with Gasteiger partial charge in [0.05, 0.1) is 6.61 Å². The first kappa shape index (κ1) is 15.4. The number of hydrogen-bond acceptors (Lipinski definition) is 3. The van der Waals surface area contributed by atoms with Crippen molar-refractivity contribution in [2.75, 3.05) is 6.61 Å². The molecule has 0 spiro atoms. The molecule has 0 radical (unpaired) electrons. The Kier molecular flexibility index (Phi) is 5.28. The summed E-state index contributed by atoms with van der Waals surface area (Å²) in [5, 5.41) is 0. The van der Waals surface area contributed by atoms with Crippen molar-refractivity contribution in [1.29, 1.82) is 0 Å². The summed E-state index contributed by atoms with van der Waals surface area (Å²) in [7, 11) is 0. The predicted octanol–water partition coefficient (Wildman–Crippen LogP) is 3.12. The minimum atomic E-state index is -1.17. The van der Waals surface area contributed by atoms with E-state index in [4.69, 9.17) is 4.74 Å². The van der Waals surface area contributed by atoms with Gasteiger partial charge in [0, 0.05) is 0 Å². The lowest BCUT2D eigenvalue weighted by molar-refractivity contribution is -0.155. The van der Waals surface area contributed by atoms with Gasteiger partial charge in [0.25, 0.3) is 0 Å². The SMILES string of the molecule is CC[C@@](C(C)=O)(C(=O)OCC(C)C)c1ccccc1. The third kappa shape index (κ3) is 3.22. The zero-order valence-electron chi connectivity index (χ0n) is 12.1. The van der Waals surface area contributed by atoms with Gasteiger partial charge in [-0.15, -0.1) is 0 Å². The smallest absolute Gasteiger partial charge is 0.324 e. The van der Waals surface area contributed by atoms with Gasteiger partial charge in [-0.25, -0.2) is 0 Å². The summed E-state index contributed by atoms with van der Waals surface area (Å²) in [6.45, 7) is 7.56. The summed E-state index contributed by atoms with van der Waals surface area (Å²) < 4.78 is 5.32. The molecule has 0 fully saturated rings. The van der Waals surface area contributed by atoms with Gasteiger partial charge in [-0.3, -0.25) is 9.59 Å². The molecule has 3 nitrogen and oxygen atoms in total. The fourth-order valence-electron chi connectivity index (χ4n) is 2.15. The molecule has 0 heterocycles. The predicted molar refractivity (Wildman–Crippen MR) is 74.9 cm³/mol. The van der Waals surface area contributed by atoms with Crippen LogP contribution in [0.5, 0.6) is 0 Å². The lowest BCUT2D eigenvalue weighted by Crippen LogP contribution is -2.43. The Bertz CT molecular complexity index is 437. The van der Waals surface area contributed by atoms with Crippen molar-refractivity contribution in [1.82, 2.24) is 0 Å². The average Bonchev–Trinajstić information content (AvgIpc) is 2.38. The van der Waals surface area contributed by atoms with E-state index in [9.17, 15) is 9.59 Å². The van der Waals surface area contributed by atoms with Crippen LogP contribution >= 0.6 is 0 Å². The molecule has 104 valence electrons. The highest BCUT2D eigenvalue weighted by molar-refractivity contribution is 6.08. The van der Waals surface area contributed by atoms with Gasteiger partial charge >= 0.3 is 5.97 Å². The van der Waals surface area contributed by atoms with Crippen LogP contribution in [0.4, 0.5) is 0 Å². The molecule has 0 aliphatic rings. The summed E-state index contributed by atoms with van der Waals surface area (Å²) in [6, 6.07) is 9.14. The third-order valence-electron chi connectivity index (χ3n) is 3.29. The number of hydrogen-bond donors (Lipinski definition) is 0. The van der Waals surface area contributed by atoms with Crippen LogP contribution in [-0.4, -0.2) is 18.4 Å². The van der Waals surface area contributed by atoms with E-state index >= 15 is 0 Å². The number of carbonyl (C=O) groups is 2. The molecule has 1 rings (SSSR count). The summed E-state index contributed by atoms with van der Waals surface area (Å²) in [5.41, 5.74) is -0.463. The Morgan fingerprint density at radius 2 is 1.79 bits per heavy atom. The molecule has 19 heavy (non-hydrogen) atoms. The lowest BCUT2D eigenvalue weighted by Gasteiger charge is -2.28. The molecule has 0 bridgehead atoms. The first-order chi connectivity index (χ1) is 8.95. The normalized spacial score (nSPS) is 13.9. The topological polar surface area (TPSA) is 43.4 Å². The van der Waals surface area contributed by atoms with Crippen molar-refractivity contribution in [2.24, 2.45) is 5.92 Å². The monoisotopic (exact) mass is 262 g/mol. The summed E-state index contributed by atoms with van der Waals surface area (Å²) in [6.07, 6.45) is 0.406. The average molecular weight is 262 g/mol. The molecule has 0 amide bonds. The number of benzene rings is 1. The Hall–Kier alpha value is -1.64. The fourth-order valence-corrected chi connectivity index (χ4v) is 2.15. The molecule has 0 saturated heterocycles. The molecule has 1 atom stereocenters. The van der Waals surface area contributed by atoms with Crippen LogP contribution in [0.25, 0.3) is 0 Å². The maximum Gasteiger partial charge on any atom is 0.324 e. The fraction of sp³-hybridized carbons (Fsp3) is 0.500. The molecule has 1 aromatic rings. The van der Waals surface area contributed by atoms with E-state index in [-0.39, 0.29) is 11.7 Å². The first-order valence-electron chi connectivity index (χ1n) is 6.69. The van der Waals surface area contributed by atoms with Crippen LogP contribution < -0.4 is 0 Å². The zero-order valence-corrected chi connectivity index (χ0v) is 12.1. The second kappa shape index (κ2) is 6.50. The van der Waals surface area contributed by atoms with Crippen molar-refractivity contribution >= 4 is 11.8 Å². The molecular formula is C16H22O3. The van der Waals surface area contributed by atoms with Crippen LogP contribution in [-0.2, 0) is 19.7 Å². The van der Waals surface area contributed by atoms with Crippen LogP contribution in [0.3, 0.4) is 0 Å². The maximum atomic E-state index is 12.4. The van der Waals surface area contributed by atoms with Crippen molar-refractivity contribution in [3.05, 3.63) is 35.9 Å². The van der Waals surface area contributed by atoms with Gasteiger partial charge in [0.15, 0.2) is 11.2 Å². The zero-order chi connectivity index (χ0) is 14.5. The second-order valence-electron chi connectivity index (χ2n) is 5.17. The molecule has 0 saturated carbocycles. The standard InChI is InChI=1S/C16H22O3/c1-5-16(13(4)17,14-9-7-6-8-10-14)15(18)19-11-12(2)3/h6-10,12H,5,11H2,1-4H3/t16-/m0/s1. The van der Waals surface area contributed by atoms with Gasteiger partial charge in [0.1, 0.15) is 0 Å². The molecule has 0 N–H and O–H groups in total. The Labute approximate surface area is 115 Å². The van der Waals surface area contributed by atoms with Crippen molar-refractivity contribution in [3.63, 3.8) is 0 Å². The van der Waals surface area contributed by atoms with Gasteiger partial charge < -0.3 is 4.74 Å². The highest BCUT2D eigenvalue weighted by Crippen LogP contribution is 2.31. The van der Waals surface area contributed by atoms with E-state index < -0.39 is 11.4 Å². The number of carbonyl (C=O) groups excluding carboxylic acids is 2. The number of Topliss-reactive ketones (excluding diaryl/α,β-unsaturated/α-hetero) is 1. The van der Waals surface area contributed by atoms with Crippen LogP contribution in [0, 0.1) is 5.92 Å². The molecule has 0 aliphatic carbocycles. The molecule has 3 heteroatoms. The number of ether oxygens (including phenoxy) is 1. The van der Waals surface area contributed by atoms with Crippen molar-refractivity contribution in [3.8, 4) is 0 Å². The third-order valence-corrected chi connectivity index (χ3v) is 3.29. The molecule has 0 aliphatic heterocycles. The maximum absolute atomic E-state index is 12.4. The van der Waals surface area contributed by atoms with E-state index in [1.807, 2.05) is 51.1 Å². The Morgan fingerprint density at radius 1 is 1.21 bits per heavy atom. The van der Waals surface area contributed by atoms with Crippen molar-refractivity contribution in [2.45, 2.75) is 39.5 Å². The first-order valence-corrected chi connectivity index (χ1v) is 6.69. The van der Waals surface area contributed by atoms with Gasteiger partial charge in [0.2, 0.25) is 0 Å². The second-order valence-corrected chi connectivity index (χ2v) is 5.17. The highest BCUT2D eigenvalue weighted by Gasteiger charge is 2.44. The van der Waals surface area contributed by atoms with E-state index in [0.29, 0.717) is 18.6 Å². The number of ketones is 1. The quantitative estimate of drug-likeness (QED) is 0.584. The highest BCUT2D eigenvalue weighted by atomic mass is 16.5. The van der Waals surface area contributed by atoms with Crippen molar-refractivity contribution < 1.29 is 14.3 Å². The number of esters is 1. The van der Waals surface area contributed by atoms with Crippen LogP contribution in [0.1, 0.15) is 39.7 Å². The Balaban J connectivity index is 3.13. The van der Waals surface area contributed by atoms with E-state index in [1.165, 1.54) is 6.92 Å². The minimum Gasteiger partial charge on any atom is -0.464 e. The van der Waals surface area contributed by atoms with E-state index in [2.05, 4.69) is 0 Å². The Morgan fingerprint density at radius 3 is 2.21 bits per heavy atom. The molecule has 0 unspecified atom stereocenters. The summed E-state index contributed by atoms with van der Waals surface area (Å²) in [4.78, 5) is 24.5. The van der Waals surface area contributed by atoms with Crippen LogP contribution in [0.15, 0.2) is 30.3 Å². The lowest BCUT2D eigenvalue weighted by atomic mass is 9.75. The summed E-state index contributed by atoms with van der Waals surface area (Å²) >= 11 is 0. The minimum absolute atomic E-state index is 0.171. The number of rotatable bonds is 6. The summed E-state index contributed by atoms with van der Waals surface area (Å²) in [5.74, 6) is -0.362.